The lowest BCUT2D eigenvalue weighted by Gasteiger charge is -2.41. The Morgan fingerprint density at radius 2 is 1.96 bits per heavy atom. The highest BCUT2D eigenvalue weighted by Gasteiger charge is 2.49. The first-order chi connectivity index (χ1) is 11.5. The second kappa shape index (κ2) is 6.76. The smallest absolute Gasteiger partial charge is 0.303 e. The molecule has 0 spiro atoms. The Kier molecular flexibility index (Phi) is 4.71. The average Bonchev–Trinajstić information content (AvgIpc) is 3.33. The molecule has 4 atom stereocenters. The van der Waals surface area contributed by atoms with Crippen molar-refractivity contribution in [3.63, 3.8) is 0 Å². The number of aromatic nitrogens is 1. The molecule has 2 fully saturated rings. The van der Waals surface area contributed by atoms with Crippen LogP contribution in [0, 0.1) is 5.92 Å². The average molecular weight is 334 g/mol. The summed E-state index contributed by atoms with van der Waals surface area (Å²) in [6, 6.07) is 1.81. The molecule has 24 heavy (non-hydrogen) atoms. The van der Waals surface area contributed by atoms with E-state index in [2.05, 4.69) is 4.98 Å². The first kappa shape index (κ1) is 16.7. The summed E-state index contributed by atoms with van der Waals surface area (Å²) in [5.41, 5.74) is 7.36. The number of nitrogens with zero attached hydrogens (tertiary/aromatic N) is 1. The maximum Gasteiger partial charge on any atom is 0.303 e. The van der Waals surface area contributed by atoms with Crippen LogP contribution in [0.1, 0.15) is 44.8 Å². The molecule has 7 heteroatoms. The molecule has 0 radical (unpaired) electrons. The molecular formula is C17H22N2O5. The van der Waals surface area contributed by atoms with Gasteiger partial charge in [0.1, 0.15) is 12.2 Å². The van der Waals surface area contributed by atoms with Gasteiger partial charge >= 0.3 is 11.9 Å². The Balaban J connectivity index is 1.88. The minimum Gasteiger partial charge on any atom is -0.458 e. The van der Waals surface area contributed by atoms with E-state index in [0.29, 0.717) is 18.0 Å². The summed E-state index contributed by atoms with van der Waals surface area (Å²) < 4.78 is 17.1. The highest BCUT2D eigenvalue weighted by atomic mass is 16.6. The number of nitrogen functional groups attached to an aromatic ring is 1. The Morgan fingerprint density at radius 1 is 1.25 bits per heavy atom. The molecule has 1 aliphatic heterocycles. The summed E-state index contributed by atoms with van der Waals surface area (Å²) in [5, 5.41) is 0. The third-order valence-electron chi connectivity index (χ3n) is 4.40. The van der Waals surface area contributed by atoms with Gasteiger partial charge in [0.05, 0.1) is 18.0 Å². The van der Waals surface area contributed by atoms with Crippen LogP contribution in [0.3, 0.4) is 0 Å². The Bertz CT molecular complexity index is 631. The van der Waals surface area contributed by atoms with Crippen molar-refractivity contribution in [3.8, 4) is 0 Å². The molecule has 3 rings (SSSR count). The molecule has 0 aromatic carbocycles. The maximum atomic E-state index is 11.5. The quantitative estimate of drug-likeness (QED) is 0.837. The Morgan fingerprint density at radius 3 is 2.54 bits per heavy atom. The number of esters is 2. The molecule has 2 heterocycles. The van der Waals surface area contributed by atoms with Crippen LogP contribution in [-0.4, -0.2) is 35.2 Å². The predicted molar refractivity (Wildman–Crippen MR) is 84.7 cm³/mol. The Labute approximate surface area is 140 Å². The molecule has 2 N–H and O–H groups in total. The molecule has 2 aliphatic rings. The Hall–Kier alpha value is -2.15. The SMILES string of the molecule is CC(=O)O[C@@H]1[C@@H](C2CC2)O[C@@H](c2ccncc2N)C[C@H]1OC(C)=O. The van der Waals surface area contributed by atoms with Gasteiger partial charge in [-0.3, -0.25) is 14.6 Å². The van der Waals surface area contributed by atoms with Gasteiger partial charge in [-0.15, -0.1) is 0 Å². The van der Waals surface area contributed by atoms with E-state index in [0.717, 1.165) is 18.4 Å². The van der Waals surface area contributed by atoms with Crippen molar-refractivity contribution in [1.82, 2.24) is 4.98 Å². The molecule has 0 amide bonds. The van der Waals surface area contributed by atoms with Crippen molar-refractivity contribution < 1.29 is 23.8 Å². The van der Waals surface area contributed by atoms with Crippen LogP contribution >= 0.6 is 0 Å². The number of carbonyl (C=O) groups is 2. The van der Waals surface area contributed by atoms with Gasteiger partial charge in [-0.25, -0.2) is 0 Å². The number of rotatable bonds is 4. The molecule has 1 aromatic rings. The minimum absolute atomic E-state index is 0.301. The molecule has 7 nitrogen and oxygen atoms in total. The largest absolute Gasteiger partial charge is 0.458 e. The van der Waals surface area contributed by atoms with Gasteiger partial charge in [-0.2, -0.15) is 0 Å². The maximum absolute atomic E-state index is 11.5. The van der Waals surface area contributed by atoms with Crippen LogP contribution in [0.5, 0.6) is 0 Å². The zero-order valence-corrected chi connectivity index (χ0v) is 13.8. The zero-order valence-electron chi connectivity index (χ0n) is 13.8. The van der Waals surface area contributed by atoms with Gasteiger partial charge in [0, 0.05) is 32.0 Å². The number of nitrogens with two attached hydrogens (primary N) is 1. The van der Waals surface area contributed by atoms with E-state index < -0.39 is 24.1 Å². The van der Waals surface area contributed by atoms with Gasteiger partial charge in [-0.1, -0.05) is 0 Å². The third kappa shape index (κ3) is 3.67. The van der Waals surface area contributed by atoms with Gasteiger partial charge in [-0.05, 0) is 24.8 Å². The molecule has 0 unspecified atom stereocenters. The van der Waals surface area contributed by atoms with Crippen molar-refractivity contribution in [2.75, 3.05) is 5.73 Å². The summed E-state index contributed by atoms with van der Waals surface area (Å²) in [6.07, 6.45) is 3.86. The first-order valence-electron chi connectivity index (χ1n) is 8.15. The summed E-state index contributed by atoms with van der Waals surface area (Å²) >= 11 is 0. The second-order valence-corrected chi connectivity index (χ2v) is 6.39. The normalized spacial score (nSPS) is 29.8. The van der Waals surface area contributed by atoms with Crippen molar-refractivity contribution in [3.05, 3.63) is 24.0 Å². The molecule has 1 saturated carbocycles. The molecule has 1 aromatic heterocycles. The fraction of sp³-hybridized carbons (Fsp3) is 0.588. The second-order valence-electron chi connectivity index (χ2n) is 6.39. The highest BCUT2D eigenvalue weighted by molar-refractivity contribution is 5.67. The van der Waals surface area contributed by atoms with E-state index in [4.69, 9.17) is 19.9 Å². The standard InChI is InChI=1S/C17H22N2O5/c1-9(20)22-15-7-14(12-5-6-19-8-13(12)18)24-16(11-3-4-11)17(15)23-10(2)21/h5-6,8,11,14-17H,3-4,7,18H2,1-2H3/t14-,15-,16-,17+/m1/s1. The molecule has 1 saturated heterocycles. The van der Waals surface area contributed by atoms with Crippen LogP contribution in [-0.2, 0) is 23.8 Å². The lowest BCUT2D eigenvalue weighted by atomic mass is 9.91. The van der Waals surface area contributed by atoms with Crippen LogP contribution in [0.25, 0.3) is 0 Å². The number of ether oxygens (including phenoxy) is 3. The number of hydrogen-bond donors (Lipinski definition) is 1. The van der Waals surface area contributed by atoms with Crippen LogP contribution in [0.4, 0.5) is 5.69 Å². The first-order valence-corrected chi connectivity index (χ1v) is 8.15. The number of pyridine rings is 1. The van der Waals surface area contributed by atoms with E-state index in [-0.39, 0.29) is 12.2 Å². The monoisotopic (exact) mass is 334 g/mol. The van der Waals surface area contributed by atoms with Gasteiger partial charge in [0.2, 0.25) is 0 Å². The summed E-state index contributed by atoms with van der Waals surface area (Å²) in [7, 11) is 0. The van der Waals surface area contributed by atoms with Crippen molar-refractivity contribution in [2.24, 2.45) is 5.92 Å². The summed E-state index contributed by atoms with van der Waals surface area (Å²) in [4.78, 5) is 27.0. The third-order valence-corrected chi connectivity index (χ3v) is 4.40. The molecule has 0 bridgehead atoms. The van der Waals surface area contributed by atoms with E-state index in [1.165, 1.54) is 13.8 Å². The van der Waals surface area contributed by atoms with E-state index in [9.17, 15) is 9.59 Å². The highest BCUT2D eigenvalue weighted by Crippen LogP contribution is 2.45. The van der Waals surface area contributed by atoms with Gasteiger partial charge in [0.25, 0.3) is 0 Å². The van der Waals surface area contributed by atoms with Crippen molar-refractivity contribution >= 4 is 17.6 Å². The number of carbonyl (C=O) groups excluding carboxylic acids is 2. The lowest BCUT2D eigenvalue weighted by molar-refractivity contribution is -0.211. The molecule has 1 aliphatic carbocycles. The van der Waals surface area contributed by atoms with Crippen LogP contribution in [0.2, 0.25) is 0 Å². The van der Waals surface area contributed by atoms with Gasteiger partial charge < -0.3 is 19.9 Å². The van der Waals surface area contributed by atoms with Crippen molar-refractivity contribution in [1.29, 1.82) is 0 Å². The number of anilines is 1. The fourth-order valence-corrected chi connectivity index (χ4v) is 3.26. The molecule has 130 valence electrons. The topological polar surface area (TPSA) is 101 Å². The van der Waals surface area contributed by atoms with Crippen LogP contribution in [0.15, 0.2) is 18.5 Å². The minimum atomic E-state index is -0.585. The van der Waals surface area contributed by atoms with E-state index in [1.807, 2.05) is 0 Å². The van der Waals surface area contributed by atoms with Gasteiger partial charge in [0.15, 0.2) is 6.10 Å². The van der Waals surface area contributed by atoms with Crippen LogP contribution < -0.4 is 5.73 Å². The lowest BCUT2D eigenvalue weighted by Crippen LogP contribution is -2.50. The van der Waals surface area contributed by atoms with E-state index in [1.54, 1.807) is 18.5 Å². The summed E-state index contributed by atoms with van der Waals surface area (Å²) in [6.45, 7) is 2.70. The number of hydrogen-bond acceptors (Lipinski definition) is 7. The fourth-order valence-electron chi connectivity index (χ4n) is 3.26. The molecular weight excluding hydrogens is 312 g/mol. The van der Waals surface area contributed by atoms with Crippen molar-refractivity contribution in [2.45, 2.75) is 57.5 Å². The zero-order chi connectivity index (χ0) is 17.3. The van der Waals surface area contributed by atoms with E-state index >= 15 is 0 Å². The summed E-state index contributed by atoms with van der Waals surface area (Å²) in [5.74, 6) is -0.512. The predicted octanol–water partition coefficient (Wildman–Crippen LogP) is 1.77.